The quantitative estimate of drug-likeness (QED) is 0.291. The zero-order valence-electron chi connectivity index (χ0n) is 27.4. The molecule has 43 heavy (non-hydrogen) atoms. The lowest BCUT2D eigenvalue weighted by atomic mass is 10.0. The van der Waals surface area contributed by atoms with Gasteiger partial charge in [-0.3, -0.25) is 4.79 Å². The molecule has 3 aliphatic heterocycles. The minimum Gasteiger partial charge on any atom is -0.462 e. The molecule has 0 unspecified atom stereocenters. The van der Waals surface area contributed by atoms with E-state index < -0.39 is 24.5 Å². The van der Waals surface area contributed by atoms with E-state index >= 15 is 0 Å². The minimum absolute atomic E-state index is 0. The number of carbonyl (C=O) groups excluding carboxylic acids is 1. The van der Waals surface area contributed by atoms with Gasteiger partial charge in [0.15, 0.2) is 0 Å². The number of hydrogen-bond acceptors (Lipinski definition) is 7. The van der Waals surface area contributed by atoms with Crippen LogP contribution >= 0.6 is 27.0 Å². The van der Waals surface area contributed by atoms with Crippen LogP contribution in [0.1, 0.15) is 28.2 Å². The fourth-order valence-corrected chi connectivity index (χ4v) is 6.41. The number of nitrogens with zero attached hydrogens (tertiary/aromatic N) is 7. The second-order valence-corrected chi connectivity index (χ2v) is 11.1. The van der Waals surface area contributed by atoms with Gasteiger partial charge in [0.25, 0.3) is 0 Å². The number of fused-ring (bicyclic) bond motifs is 2. The van der Waals surface area contributed by atoms with Gasteiger partial charge in [0.05, 0.1) is 16.4 Å². The first-order chi connectivity index (χ1) is 21.3. The smallest absolute Gasteiger partial charge is 0.318 e. The van der Waals surface area contributed by atoms with Crippen molar-refractivity contribution < 1.29 is 13.6 Å². The van der Waals surface area contributed by atoms with Gasteiger partial charge in [-0.1, -0.05) is 42.9 Å². The highest BCUT2D eigenvalue weighted by Crippen LogP contribution is 2.35. The van der Waals surface area contributed by atoms with Crippen molar-refractivity contribution in [1.29, 1.82) is 0 Å². The number of piperazine rings is 1. The molecule has 6 rings (SSSR count). The molecule has 4 heterocycles. The summed E-state index contributed by atoms with van der Waals surface area (Å²) in [6.07, 6.45) is 2.94. The van der Waals surface area contributed by atoms with Crippen molar-refractivity contribution >= 4 is 55.2 Å². The largest absolute Gasteiger partial charge is 0.462 e. The third kappa shape index (κ3) is 6.71. The van der Waals surface area contributed by atoms with Gasteiger partial charge in [-0.2, -0.15) is 37.0 Å². The highest BCUT2D eigenvalue weighted by atomic mass is 32.1. The predicted octanol–water partition coefficient (Wildman–Crippen LogP) is 4.01. The molecule has 0 bridgehead atoms. The maximum Gasteiger partial charge on any atom is 0.318 e. The Hall–Kier alpha value is -3.46. The Labute approximate surface area is 272 Å². The van der Waals surface area contributed by atoms with Gasteiger partial charge in [-0.15, -0.1) is 0 Å². The minimum atomic E-state index is -0.825. The van der Waals surface area contributed by atoms with Crippen molar-refractivity contribution in [2.45, 2.75) is 37.9 Å². The van der Waals surface area contributed by atoms with E-state index in [2.05, 4.69) is 69.1 Å². The second-order valence-electron chi connectivity index (χ2n) is 11.1. The molecule has 0 N–H and O–H groups in total. The Morgan fingerprint density at radius 2 is 1.98 bits per heavy atom. The summed E-state index contributed by atoms with van der Waals surface area (Å²) in [5.41, 5.74) is 3.12. The fraction of sp³-hybridized carbons (Fsp3) is 0.438. The number of hydrogen-bond donors (Lipinski definition) is 0. The molecule has 2 fully saturated rings. The maximum absolute atomic E-state index is 12.9. The van der Waals surface area contributed by atoms with E-state index in [9.17, 15) is 4.79 Å². The van der Waals surface area contributed by atoms with Crippen molar-refractivity contribution in [1.82, 2.24) is 19.8 Å². The van der Waals surface area contributed by atoms with Crippen molar-refractivity contribution in [3.8, 4) is 6.01 Å². The Kier molecular flexibility index (Phi) is 9.44. The molecule has 3 aliphatic rings. The third-order valence-electron chi connectivity index (χ3n) is 8.66. The number of amides is 1. The highest BCUT2D eigenvalue weighted by Gasteiger charge is 2.35. The Morgan fingerprint density at radius 1 is 1.14 bits per heavy atom. The number of likely N-dealkylation sites (N-methyl/N-ethyl adjacent to an activating group) is 1. The van der Waals surface area contributed by atoms with Gasteiger partial charge >= 0.3 is 6.01 Å². The number of likely N-dealkylation sites (tertiary alicyclic amines) is 1. The van der Waals surface area contributed by atoms with E-state index in [1.165, 1.54) is 15.7 Å². The monoisotopic (exact) mass is 622 g/mol. The molecule has 2 saturated heterocycles. The SMILES string of the molecule is S.S.[2H]C([2H])=C([2H])C(=O)N1CCN(c2nc(OC[C@@H]3CCCN3C)nc3c2CCN(c2cccc4ccccc24)C3)C[C@@H]1C[N+]#[C-]. The number of aromatic nitrogens is 2. The molecule has 0 aliphatic carbocycles. The molecular weight excluding hydrogens is 579 g/mol. The maximum atomic E-state index is 12.9. The van der Waals surface area contributed by atoms with E-state index in [1.807, 2.05) is 0 Å². The van der Waals surface area contributed by atoms with Crippen LogP contribution in [0.25, 0.3) is 15.6 Å². The molecule has 2 aromatic carbocycles. The average Bonchev–Trinajstić information content (AvgIpc) is 3.46. The molecule has 0 spiro atoms. The van der Waals surface area contributed by atoms with E-state index in [4.69, 9.17) is 25.4 Å². The summed E-state index contributed by atoms with van der Waals surface area (Å²) in [6.45, 7) is 10.8. The van der Waals surface area contributed by atoms with Gasteiger partial charge in [-0.25, -0.2) is 6.57 Å². The van der Waals surface area contributed by atoms with Crippen LogP contribution in [0.2, 0.25) is 0 Å². The molecule has 1 amide bonds. The number of carbonyl (C=O) groups is 1. The summed E-state index contributed by atoms with van der Waals surface area (Å²) in [5.74, 6) is 0.0891. The zero-order valence-corrected chi connectivity index (χ0v) is 26.4. The topological polar surface area (TPSA) is 69.4 Å². The van der Waals surface area contributed by atoms with Crippen LogP contribution in [-0.4, -0.2) is 90.7 Å². The van der Waals surface area contributed by atoms with Gasteiger partial charge in [-0.05, 0) is 50.4 Å². The van der Waals surface area contributed by atoms with Crippen LogP contribution in [0.15, 0.2) is 55.0 Å². The standard InChI is InChI=1S/C32H37N7O2.2H2S/c1-4-30(40)39-18-17-38(20-25(39)19-33-2)31-27-14-16-37(29-13-7-10-23-9-5-6-12-26(23)29)21-28(27)34-32(35-31)41-22-24-11-8-15-36(24)3;;/h4-7,9-10,12-13,24-25H,1,8,11,14-22H2,3H3;2*1H2/t24-,25-;;/m0../s1/i1D2,4D;;. The van der Waals surface area contributed by atoms with Gasteiger partial charge in [0.1, 0.15) is 18.5 Å². The third-order valence-corrected chi connectivity index (χ3v) is 8.66. The molecular formula is C32H41N7O2S2. The lowest BCUT2D eigenvalue weighted by Crippen LogP contribution is -2.56. The van der Waals surface area contributed by atoms with Crippen molar-refractivity contribution in [2.24, 2.45) is 0 Å². The summed E-state index contributed by atoms with van der Waals surface area (Å²) >= 11 is 0. The van der Waals surface area contributed by atoms with Crippen LogP contribution in [0.5, 0.6) is 6.01 Å². The zero-order chi connectivity index (χ0) is 30.8. The summed E-state index contributed by atoms with van der Waals surface area (Å²) in [7, 11) is 2.11. The first-order valence-electron chi connectivity index (χ1n) is 15.8. The van der Waals surface area contributed by atoms with E-state index in [-0.39, 0.29) is 40.1 Å². The van der Waals surface area contributed by atoms with Gasteiger partial charge in [0, 0.05) is 48.9 Å². The summed E-state index contributed by atoms with van der Waals surface area (Å²) in [5, 5.41) is 2.39. The van der Waals surface area contributed by atoms with E-state index in [0.717, 1.165) is 55.1 Å². The molecule has 1 aromatic heterocycles. The molecule has 11 heteroatoms. The first-order valence-corrected chi connectivity index (χ1v) is 14.3. The Bertz CT molecular complexity index is 1630. The molecule has 9 nitrogen and oxygen atoms in total. The normalized spacial score (nSPS) is 20.9. The Morgan fingerprint density at radius 3 is 2.77 bits per heavy atom. The second kappa shape index (κ2) is 14.3. The summed E-state index contributed by atoms with van der Waals surface area (Å²) < 4.78 is 29.1. The molecule has 0 radical (unpaired) electrons. The summed E-state index contributed by atoms with van der Waals surface area (Å²) in [4.78, 5) is 34.6. The number of benzene rings is 2. The Balaban J connectivity index is 0.00000240. The molecule has 3 aromatic rings. The van der Waals surface area contributed by atoms with Crippen LogP contribution in [-0.2, 0) is 17.8 Å². The lowest BCUT2D eigenvalue weighted by Gasteiger charge is -2.41. The van der Waals surface area contributed by atoms with Crippen molar-refractivity contribution in [2.75, 3.05) is 62.7 Å². The van der Waals surface area contributed by atoms with Crippen molar-refractivity contribution in [3.05, 3.63) is 77.7 Å². The highest BCUT2D eigenvalue weighted by molar-refractivity contribution is 7.59. The molecule has 228 valence electrons. The lowest BCUT2D eigenvalue weighted by molar-refractivity contribution is -0.128. The first kappa shape index (κ1) is 28.3. The van der Waals surface area contributed by atoms with Crippen LogP contribution in [0.4, 0.5) is 11.5 Å². The van der Waals surface area contributed by atoms with E-state index in [1.54, 1.807) is 0 Å². The average molecular weight is 623 g/mol. The number of anilines is 2. The molecule has 2 atom stereocenters. The van der Waals surface area contributed by atoms with Crippen LogP contribution in [0.3, 0.4) is 0 Å². The van der Waals surface area contributed by atoms with Crippen molar-refractivity contribution in [3.63, 3.8) is 0 Å². The summed E-state index contributed by atoms with van der Waals surface area (Å²) in [6, 6.07) is 14.3. The number of rotatable bonds is 7. The fourth-order valence-electron chi connectivity index (χ4n) is 6.41. The van der Waals surface area contributed by atoms with Gasteiger partial charge in [0.2, 0.25) is 12.5 Å². The molecule has 0 saturated carbocycles. The predicted molar refractivity (Wildman–Crippen MR) is 182 cm³/mol. The number of ether oxygens (including phenoxy) is 1. The van der Waals surface area contributed by atoms with Crippen LogP contribution < -0.4 is 14.5 Å². The van der Waals surface area contributed by atoms with E-state index in [0.29, 0.717) is 38.3 Å². The van der Waals surface area contributed by atoms with Crippen LogP contribution in [0, 0.1) is 6.57 Å². The van der Waals surface area contributed by atoms with Gasteiger partial charge < -0.3 is 29.2 Å².